The lowest BCUT2D eigenvalue weighted by Crippen LogP contribution is -2.50. The monoisotopic (exact) mass is 255 g/mol. The lowest BCUT2D eigenvalue weighted by Gasteiger charge is -2.35. The van der Waals surface area contributed by atoms with E-state index in [2.05, 4.69) is 4.90 Å². The fourth-order valence-corrected chi connectivity index (χ4v) is 2.80. The summed E-state index contributed by atoms with van der Waals surface area (Å²) in [6.45, 7) is 2.76. The summed E-state index contributed by atoms with van der Waals surface area (Å²) in [5.41, 5.74) is 0. The average Bonchev–Trinajstić information content (AvgIpc) is 2.28. The van der Waals surface area contributed by atoms with Gasteiger partial charge < -0.3 is 5.11 Å². The third kappa shape index (κ3) is 4.30. The first-order chi connectivity index (χ1) is 8.24. The highest BCUT2D eigenvalue weighted by atomic mass is 32.2. The quantitative estimate of drug-likeness (QED) is 0.623. The van der Waals surface area contributed by atoms with Crippen molar-refractivity contribution in [2.75, 3.05) is 25.4 Å². The van der Waals surface area contributed by atoms with Crippen molar-refractivity contribution < 1.29 is 9.50 Å². The van der Waals surface area contributed by atoms with E-state index in [1.54, 1.807) is 11.8 Å². The van der Waals surface area contributed by atoms with Crippen LogP contribution in [0.1, 0.15) is 12.8 Å². The number of benzene rings is 1. The second-order valence-electron chi connectivity index (χ2n) is 4.42. The molecule has 0 amide bonds. The van der Waals surface area contributed by atoms with Crippen LogP contribution in [0.4, 0.5) is 4.39 Å². The highest BCUT2D eigenvalue weighted by Gasteiger charge is 2.22. The Balaban J connectivity index is 1.52. The van der Waals surface area contributed by atoms with Crippen molar-refractivity contribution in [3.05, 3.63) is 30.1 Å². The number of halogens is 1. The maximum absolute atomic E-state index is 12.7. The van der Waals surface area contributed by atoms with Gasteiger partial charge in [0.15, 0.2) is 0 Å². The normalized spacial score (nSPS) is 17.1. The van der Waals surface area contributed by atoms with E-state index in [0.29, 0.717) is 0 Å². The van der Waals surface area contributed by atoms with Gasteiger partial charge in [-0.2, -0.15) is 0 Å². The van der Waals surface area contributed by atoms with Crippen LogP contribution in [0.5, 0.6) is 0 Å². The first-order valence-corrected chi connectivity index (χ1v) is 7.01. The molecule has 1 aromatic carbocycles. The molecule has 1 N–H and O–H groups in total. The van der Waals surface area contributed by atoms with E-state index < -0.39 is 0 Å². The van der Waals surface area contributed by atoms with Gasteiger partial charge in [0.2, 0.25) is 0 Å². The molecule has 0 saturated carbocycles. The lowest BCUT2D eigenvalue weighted by atomic mass is 10.1. The summed E-state index contributed by atoms with van der Waals surface area (Å²) in [6, 6.07) is 6.66. The van der Waals surface area contributed by atoms with Crippen LogP contribution >= 0.6 is 11.8 Å². The third-order valence-electron chi connectivity index (χ3n) is 2.89. The molecule has 0 aliphatic carbocycles. The van der Waals surface area contributed by atoms with Gasteiger partial charge in [0.05, 0.1) is 6.10 Å². The van der Waals surface area contributed by atoms with E-state index in [-0.39, 0.29) is 11.9 Å². The van der Waals surface area contributed by atoms with Crippen LogP contribution in [0.25, 0.3) is 0 Å². The molecule has 1 saturated heterocycles. The van der Waals surface area contributed by atoms with Crippen LogP contribution in [0, 0.1) is 5.82 Å². The molecule has 0 atom stereocenters. The summed E-state index contributed by atoms with van der Waals surface area (Å²) < 4.78 is 12.7. The average molecular weight is 255 g/mol. The molecule has 1 fully saturated rings. The maximum atomic E-state index is 12.7. The number of rotatable bonds is 6. The zero-order valence-electron chi connectivity index (χ0n) is 9.81. The SMILES string of the molecule is OC1CN(CCCCSc2ccc(F)cc2)C1. The molecule has 0 aromatic heterocycles. The molecule has 2 rings (SSSR count). The summed E-state index contributed by atoms with van der Waals surface area (Å²) in [5.74, 6) is 0.896. The Morgan fingerprint density at radius 2 is 1.94 bits per heavy atom. The number of hydrogen-bond acceptors (Lipinski definition) is 3. The Kier molecular flexibility index (Phi) is 4.83. The van der Waals surface area contributed by atoms with Crippen molar-refractivity contribution in [3.63, 3.8) is 0 Å². The van der Waals surface area contributed by atoms with Gasteiger partial charge >= 0.3 is 0 Å². The van der Waals surface area contributed by atoms with Crippen molar-refractivity contribution >= 4 is 11.8 Å². The molecular formula is C13H18FNOS. The second kappa shape index (κ2) is 6.38. The van der Waals surface area contributed by atoms with Gasteiger partial charge in [-0.3, -0.25) is 4.90 Å². The zero-order chi connectivity index (χ0) is 12.1. The molecule has 17 heavy (non-hydrogen) atoms. The number of hydrogen-bond donors (Lipinski definition) is 1. The molecule has 0 unspecified atom stereocenters. The van der Waals surface area contributed by atoms with Crippen LogP contribution in [0.15, 0.2) is 29.2 Å². The van der Waals surface area contributed by atoms with Gasteiger partial charge in [0.1, 0.15) is 5.82 Å². The highest BCUT2D eigenvalue weighted by molar-refractivity contribution is 7.99. The number of unbranched alkanes of at least 4 members (excludes halogenated alkanes) is 1. The van der Waals surface area contributed by atoms with Crippen LogP contribution in [-0.4, -0.2) is 41.5 Å². The summed E-state index contributed by atoms with van der Waals surface area (Å²) in [7, 11) is 0. The second-order valence-corrected chi connectivity index (χ2v) is 5.59. The Hall–Kier alpha value is -0.580. The molecule has 1 aliphatic rings. The first-order valence-electron chi connectivity index (χ1n) is 6.03. The summed E-state index contributed by atoms with van der Waals surface area (Å²) >= 11 is 1.77. The van der Waals surface area contributed by atoms with E-state index >= 15 is 0 Å². The van der Waals surface area contributed by atoms with Gasteiger partial charge in [-0.25, -0.2) is 4.39 Å². The van der Waals surface area contributed by atoms with Gasteiger partial charge in [-0.15, -0.1) is 11.8 Å². The summed E-state index contributed by atoms with van der Waals surface area (Å²) in [4.78, 5) is 3.40. The number of likely N-dealkylation sites (tertiary alicyclic amines) is 1. The van der Waals surface area contributed by atoms with Crippen LogP contribution in [0.2, 0.25) is 0 Å². The number of nitrogens with zero attached hydrogens (tertiary/aromatic N) is 1. The van der Waals surface area contributed by atoms with Crippen LogP contribution in [-0.2, 0) is 0 Å². The number of β-amino-alcohol motifs (C(OH)–C–C–N with tert-alkyl or cyclic N) is 1. The van der Waals surface area contributed by atoms with Gasteiger partial charge in [0.25, 0.3) is 0 Å². The lowest BCUT2D eigenvalue weighted by molar-refractivity contribution is 0.00177. The molecule has 0 radical (unpaired) electrons. The van der Waals surface area contributed by atoms with E-state index in [1.807, 2.05) is 12.1 Å². The Morgan fingerprint density at radius 3 is 2.59 bits per heavy atom. The Morgan fingerprint density at radius 1 is 1.24 bits per heavy atom. The minimum absolute atomic E-state index is 0.0939. The standard InChI is InChI=1S/C13H18FNOS/c14-11-3-5-13(6-4-11)17-8-2-1-7-15-9-12(16)10-15/h3-6,12,16H,1-2,7-10H2. The number of thioether (sulfide) groups is 1. The topological polar surface area (TPSA) is 23.5 Å². The van der Waals surface area contributed by atoms with Crippen molar-refractivity contribution in [2.45, 2.75) is 23.8 Å². The Bertz CT molecular complexity index is 338. The maximum Gasteiger partial charge on any atom is 0.123 e. The number of aliphatic hydroxyl groups excluding tert-OH is 1. The molecule has 1 aromatic rings. The predicted octanol–water partition coefficient (Wildman–Crippen LogP) is 2.37. The predicted molar refractivity (Wildman–Crippen MR) is 68.8 cm³/mol. The van der Waals surface area contributed by atoms with Crippen LogP contribution < -0.4 is 0 Å². The van der Waals surface area contributed by atoms with E-state index in [9.17, 15) is 4.39 Å². The van der Waals surface area contributed by atoms with Gasteiger partial charge in [-0.1, -0.05) is 0 Å². The highest BCUT2D eigenvalue weighted by Crippen LogP contribution is 2.19. The Labute approximate surface area is 106 Å². The largest absolute Gasteiger partial charge is 0.390 e. The van der Waals surface area contributed by atoms with Gasteiger partial charge in [0, 0.05) is 18.0 Å². The molecule has 0 bridgehead atoms. The van der Waals surface area contributed by atoms with Crippen molar-refractivity contribution in [1.29, 1.82) is 0 Å². The smallest absolute Gasteiger partial charge is 0.123 e. The minimum atomic E-state index is -0.175. The van der Waals surface area contributed by atoms with Gasteiger partial charge in [-0.05, 0) is 49.4 Å². The van der Waals surface area contributed by atoms with Crippen LogP contribution in [0.3, 0.4) is 0 Å². The van der Waals surface area contributed by atoms with E-state index in [4.69, 9.17) is 5.11 Å². The molecular weight excluding hydrogens is 237 g/mol. The summed E-state index contributed by atoms with van der Waals surface area (Å²) in [5, 5.41) is 9.12. The van der Waals surface area contributed by atoms with E-state index in [0.717, 1.165) is 36.7 Å². The molecule has 4 heteroatoms. The van der Waals surface area contributed by atoms with Crippen molar-refractivity contribution in [3.8, 4) is 0 Å². The minimum Gasteiger partial charge on any atom is -0.390 e. The summed E-state index contributed by atoms with van der Waals surface area (Å²) in [6.07, 6.45) is 2.24. The van der Waals surface area contributed by atoms with E-state index in [1.165, 1.54) is 18.6 Å². The molecule has 2 nitrogen and oxygen atoms in total. The molecule has 1 aliphatic heterocycles. The fourth-order valence-electron chi connectivity index (χ4n) is 1.88. The number of aliphatic hydroxyl groups is 1. The third-order valence-corrected chi connectivity index (χ3v) is 3.99. The van der Waals surface area contributed by atoms with Crippen molar-refractivity contribution in [2.24, 2.45) is 0 Å². The fraction of sp³-hybridized carbons (Fsp3) is 0.538. The zero-order valence-corrected chi connectivity index (χ0v) is 10.6. The molecule has 94 valence electrons. The molecule has 0 spiro atoms. The molecule has 1 heterocycles. The van der Waals surface area contributed by atoms with Crippen molar-refractivity contribution in [1.82, 2.24) is 4.90 Å². The first kappa shape index (κ1) is 12.9.